The van der Waals surface area contributed by atoms with Gasteiger partial charge in [0, 0.05) is 90.1 Å². The predicted octanol–water partition coefficient (Wildman–Crippen LogP) is 15.9. The van der Waals surface area contributed by atoms with Crippen LogP contribution in [0.4, 0.5) is 0 Å². The first-order chi connectivity index (χ1) is 40.7. The number of hydrogen-bond acceptors (Lipinski definition) is 8. The van der Waals surface area contributed by atoms with Gasteiger partial charge in [-0.25, -0.2) is 19.9 Å². The maximum Gasteiger partial charge on any atom is 0.165 e. The zero-order valence-corrected chi connectivity index (χ0v) is 43.6. The quantitative estimate of drug-likeness (QED) is 0.147. The Morgan fingerprint density at radius 1 is 0.232 bits per heavy atom. The van der Waals surface area contributed by atoms with Crippen molar-refractivity contribution in [1.82, 2.24) is 58.1 Å². The molecule has 0 unspecified atom stereocenters. The maximum atomic E-state index is 6.34. The van der Waals surface area contributed by atoms with Crippen molar-refractivity contribution in [2.45, 2.75) is 0 Å². The Labute approximate surface area is 467 Å². The lowest BCUT2D eigenvalue weighted by Gasteiger charge is -2.27. The van der Waals surface area contributed by atoms with E-state index in [1.54, 1.807) is 0 Å². The molecular weight excluding hydrogens is 1010 g/mol. The largest absolute Gasteiger partial charge is 0.304 e. The first-order valence-corrected chi connectivity index (χ1v) is 27.1. The second-order valence-corrected chi connectivity index (χ2v) is 20.4. The average molecular weight is 1050 g/mol. The molecule has 82 heavy (non-hydrogen) atoms. The molecular formula is C70H42N12. The Hall–Kier alpha value is -11.5. The van der Waals surface area contributed by atoms with E-state index in [-0.39, 0.29) is 0 Å². The van der Waals surface area contributed by atoms with E-state index in [1.165, 1.54) is 0 Å². The molecule has 10 aromatic heterocycles. The summed E-state index contributed by atoms with van der Waals surface area (Å²) in [6, 6.07) is 71.5. The van der Waals surface area contributed by atoms with Gasteiger partial charge in [0.25, 0.3) is 0 Å². The second kappa shape index (κ2) is 18.0. The van der Waals surface area contributed by atoms with E-state index in [0.29, 0.717) is 29.1 Å². The summed E-state index contributed by atoms with van der Waals surface area (Å²) in [7, 11) is 0. The predicted molar refractivity (Wildman–Crippen MR) is 328 cm³/mol. The SMILES string of the molecule is c1ccc(-c2nc(-c3ccccc3)nc(-c3ccccc3-c3c(-n4c5ccccc5c5ccncc54)c(-n4c5ccccc5c5ccncc54)nc(-n4c5ccccc5c5ccncc54)c3-n3c4ccccc4c4ccncc43)n2)cc1. The molecule has 0 bridgehead atoms. The van der Waals surface area contributed by atoms with E-state index in [4.69, 9.17) is 39.9 Å². The number of benzene rings is 7. The van der Waals surface area contributed by atoms with Gasteiger partial charge in [-0.05, 0) is 54.1 Å². The van der Waals surface area contributed by atoms with Crippen LogP contribution in [0.25, 0.3) is 156 Å². The third kappa shape index (κ3) is 6.72. The van der Waals surface area contributed by atoms with Gasteiger partial charge in [0.05, 0.1) is 68.9 Å². The maximum absolute atomic E-state index is 6.34. The highest BCUT2D eigenvalue weighted by Crippen LogP contribution is 2.50. The van der Waals surface area contributed by atoms with Crippen molar-refractivity contribution in [3.05, 3.63) is 256 Å². The number of nitrogens with zero attached hydrogens (tertiary/aromatic N) is 12. The van der Waals surface area contributed by atoms with Gasteiger partial charge in [-0.1, -0.05) is 158 Å². The zero-order valence-electron chi connectivity index (χ0n) is 43.6. The molecule has 0 aliphatic heterocycles. The summed E-state index contributed by atoms with van der Waals surface area (Å²) in [5, 5.41) is 8.40. The number of pyridine rings is 5. The summed E-state index contributed by atoms with van der Waals surface area (Å²) in [6.07, 6.45) is 15.3. The van der Waals surface area contributed by atoms with Gasteiger partial charge in [-0.3, -0.25) is 29.1 Å². The summed E-state index contributed by atoms with van der Waals surface area (Å²) < 4.78 is 9.34. The molecule has 382 valence electrons. The summed E-state index contributed by atoms with van der Waals surface area (Å²) in [6.45, 7) is 0. The molecule has 12 nitrogen and oxygen atoms in total. The van der Waals surface area contributed by atoms with Crippen molar-refractivity contribution >= 4 is 87.2 Å². The first kappa shape index (κ1) is 45.5. The van der Waals surface area contributed by atoms with Crippen LogP contribution in [0.1, 0.15) is 0 Å². The molecule has 10 heterocycles. The lowest BCUT2D eigenvalue weighted by Crippen LogP contribution is -2.16. The van der Waals surface area contributed by atoms with Gasteiger partial charge in [0.1, 0.15) is 11.4 Å². The van der Waals surface area contributed by atoms with E-state index in [9.17, 15) is 0 Å². The van der Waals surface area contributed by atoms with Gasteiger partial charge in [0.2, 0.25) is 0 Å². The molecule has 0 radical (unpaired) electrons. The monoisotopic (exact) mass is 1050 g/mol. The third-order valence-corrected chi connectivity index (χ3v) is 16.0. The van der Waals surface area contributed by atoms with Gasteiger partial charge >= 0.3 is 0 Å². The molecule has 0 aliphatic rings. The van der Waals surface area contributed by atoms with Gasteiger partial charge in [-0.2, -0.15) is 0 Å². The number of hydrogen-bond donors (Lipinski definition) is 0. The Morgan fingerprint density at radius 2 is 0.537 bits per heavy atom. The van der Waals surface area contributed by atoms with E-state index >= 15 is 0 Å². The molecule has 0 aliphatic carbocycles. The molecule has 0 spiro atoms. The van der Waals surface area contributed by atoms with Crippen LogP contribution in [0.5, 0.6) is 0 Å². The van der Waals surface area contributed by atoms with E-state index < -0.39 is 0 Å². The lowest BCUT2D eigenvalue weighted by molar-refractivity contribution is 0.957. The second-order valence-electron chi connectivity index (χ2n) is 20.4. The van der Waals surface area contributed by atoms with Crippen LogP contribution < -0.4 is 0 Å². The molecule has 0 atom stereocenters. The minimum Gasteiger partial charge on any atom is -0.304 e. The van der Waals surface area contributed by atoms with Crippen molar-refractivity contribution in [2.24, 2.45) is 0 Å². The summed E-state index contributed by atoms with van der Waals surface area (Å²) in [4.78, 5) is 42.0. The van der Waals surface area contributed by atoms with Gasteiger partial charge in [0.15, 0.2) is 29.1 Å². The number of aromatic nitrogens is 12. The van der Waals surface area contributed by atoms with Crippen molar-refractivity contribution in [3.8, 4) is 68.3 Å². The van der Waals surface area contributed by atoms with Crippen molar-refractivity contribution in [1.29, 1.82) is 0 Å². The normalized spacial score (nSPS) is 11.9. The molecule has 17 aromatic rings. The van der Waals surface area contributed by atoms with Crippen LogP contribution in [0, 0.1) is 0 Å². The number of para-hydroxylation sites is 4. The summed E-state index contributed by atoms with van der Waals surface area (Å²) in [5.74, 6) is 2.89. The van der Waals surface area contributed by atoms with Crippen LogP contribution >= 0.6 is 0 Å². The highest BCUT2D eigenvalue weighted by molar-refractivity contribution is 6.16. The van der Waals surface area contributed by atoms with Gasteiger partial charge < -0.3 is 9.13 Å². The smallest absolute Gasteiger partial charge is 0.165 e. The molecule has 17 rings (SSSR count). The fourth-order valence-electron chi connectivity index (χ4n) is 12.6. The molecule has 0 saturated heterocycles. The number of rotatable bonds is 8. The highest BCUT2D eigenvalue weighted by Gasteiger charge is 2.34. The van der Waals surface area contributed by atoms with Crippen molar-refractivity contribution in [3.63, 3.8) is 0 Å². The summed E-state index contributed by atoms with van der Waals surface area (Å²) in [5.41, 5.74) is 13.2. The minimum atomic E-state index is 0.495. The minimum absolute atomic E-state index is 0.495. The molecule has 12 heteroatoms. The third-order valence-electron chi connectivity index (χ3n) is 16.0. The Kier molecular flexibility index (Phi) is 10.0. The molecule has 7 aromatic carbocycles. The van der Waals surface area contributed by atoms with E-state index in [0.717, 1.165) is 126 Å². The van der Waals surface area contributed by atoms with Crippen LogP contribution in [-0.2, 0) is 0 Å². The van der Waals surface area contributed by atoms with E-state index in [2.05, 4.69) is 164 Å². The van der Waals surface area contributed by atoms with Crippen LogP contribution in [0.3, 0.4) is 0 Å². The topological polar surface area (TPSA) is 123 Å². The average Bonchev–Trinajstić information content (AvgIpc) is 1.80. The van der Waals surface area contributed by atoms with Crippen LogP contribution in [-0.4, -0.2) is 58.1 Å². The number of fused-ring (bicyclic) bond motifs is 12. The van der Waals surface area contributed by atoms with Crippen LogP contribution in [0.2, 0.25) is 0 Å². The fourth-order valence-corrected chi connectivity index (χ4v) is 12.6. The Balaban J connectivity index is 1.17. The molecule has 0 amide bonds. The van der Waals surface area contributed by atoms with Crippen LogP contribution in [0.15, 0.2) is 256 Å². The van der Waals surface area contributed by atoms with Crippen molar-refractivity contribution in [2.75, 3.05) is 0 Å². The Morgan fingerprint density at radius 3 is 0.939 bits per heavy atom. The lowest BCUT2D eigenvalue weighted by atomic mass is 9.95. The molecule has 0 N–H and O–H groups in total. The first-order valence-electron chi connectivity index (χ1n) is 27.1. The molecule has 0 saturated carbocycles. The van der Waals surface area contributed by atoms with Gasteiger partial charge in [-0.15, -0.1) is 0 Å². The summed E-state index contributed by atoms with van der Waals surface area (Å²) >= 11 is 0. The zero-order chi connectivity index (χ0) is 53.8. The Bertz CT molecular complexity index is 4900. The highest BCUT2D eigenvalue weighted by atomic mass is 15.2. The van der Waals surface area contributed by atoms with E-state index in [1.807, 2.05) is 110 Å². The van der Waals surface area contributed by atoms with Crippen molar-refractivity contribution < 1.29 is 0 Å². The molecule has 0 fully saturated rings. The fraction of sp³-hybridized carbons (Fsp3) is 0. The standard InChI is InChI=1S/C70H42N12/c1-3-17-43(18-4-1)66-75-67(44-19-5-2-6-20-44)77-68(76-66)54-26-8-7-25-53(54)63-64(79-55-27-13-9-21-45(55)49-31-35-71-39-59(49)79)69(81-57-29-15-11-23-47(57)51-33-37-73-41-61(51)81)78-70(82-58-30-16-12-24-48(58)52-34-38-74-42-62(52)82)65(63)80-56-28-14-10-22-46(56)50-32-36-72-40-60(50)80/h1-42H.